The lowest BCUT2D eigenvalue weighted by Gasteiger charge is -2.21. The van der Waals surface area contributed by atoms with Gasteiger partial charge in [-0.05, 0) is 39.0 Å². The van der Waals surface area contributed by atoms with Gasteiger partial charge in [0, 0.05) is 22.7 Å². The van der Waals surface area contributed by atoms with Gasteiger partial charge in [0.1, 0.15) is 11.8 Å². The first-order chi connectivity index (χ1) is 7.92. The van der Waals surface area contributed by atoms with Crippen molar-refractivity contribution in [2.45, 2.75) is 32.9 Å². The minimum absolute atomic E-state index is 0.0226. The van der Waals surface area contributed by atoms with Crippen LogP contribution in [0.1, 0.15) is 26.3 Å². The number of rotatable bonds is 4. The molecule has 0 heterocycles. The molecule has 92 valence electrons. The Morgan fingerprint density at radius 2 is 2.12 bits per heavy atom. The van der Waals surface area contributed by atoms with Crippen molar-refractivity contribution >= 4 is 11.6 Å². The number of hydrogen-bond donors (Lipinski definition) is 1. The SMILES string of the molecule is CC(C)(C)NCc1cc(Cl)ccc1OCC#N. The second kappa shape index (κ2) is 5.90. The van der Waals surface area contributed by atoms with Gasteiger partial charge >= 0.3 is 0 Å². The third-order valence-corrected chi connectivity index (χ3v) is 2.36. The Morgan fingerprint density at radius 1 is 1.41 bits per heavy atom. The van der Waals surface area contributed by atoms with Crippen LogP contribution in [0.2, 0.25) is 5.02 Å². The summed E-state index contributed by atoms with van der Waals surface area (Å²) in [5, 5.41) is 12.5. The summed E-state index contributed by atoms with van der Waals surface area (Å²) in [5.41, 5.74) is 0.983. The van der Waals surface area contributed by atoms with Crippen LogP contribution in [-0.4, -0.2) is 12.1 Å². The lowest BCUT2D eigenvalue weighted by Crippen LogP contribution is -2.35. The molecule has 17 heavy (non-hydrogen) atoms. The Hall–Kier alpha value is -1.24. The molecule has 0 aliphatic heterocycles. The van der Waals surface area contributed by atoms with Gasteiger partial charge in [0.25, 0.3) is 0 Å². The molecule has 0 atom stereocenters. The Morgan fingerprint density at radius 3 is 2.71 bits per heavy atom. The normalized spacial score (nSPS) is 11.0. The maximum Gasteiger partial charge on any atom is 0.174 e. The van der Waals surface area contributed by atoms with Crippen molar-refractivity contribution in [2.24, 2.45) is 0 Å². The van der Waals surface area contributed by atoms with E-state index in [2.05, 4.69) is 26.1 Å². The molecule has 0 radical (unpaired) electrons. The summed E-state index contributed by atoms with van der Waals surface area (Å²) in [4.78, 5) is 0. The largest absolute Gasteiger partial charge is 0.478 e. The molecule has 0 saturated carbocycles. The van der Waals surface area contributed by atoms with Gasteiger partial charge in [0.15, 0.2) is 6.61 Å². The van der Waals surface area contributed by atoms with Crippen LogP contribution < -0.4 is 10.1 Å². The molecule has 0 spiro atoms. The Labute approximate surface area is 107 Å². The van der Waals surface area contributed by atoms with Gasteiger partial charge in [0.05, 0.1) is 0 Å². The van der Waals surface area contributed by atoms with E-state index in [1.807, 2.05) is 12.1 Å². The monoisotopic (exact) mass is 252 g/mol. The predicted molar refractivity (Wildman–Crippen MR) is 69.2 cm³/mol. The maximum absolute atomic E-state index is 8.52. The highest BCUT2D eigenvalue weighted by Crippen LogP contribution is 2.23. The third kappa shape index (κ3) is 5.08. The second-order valence-corrected chi connectivity index (χ2v) is 5.24. The van der Waals surface area contributed by atoms with Crippen LogP contribution in [0.15, 0.2) is 18.2 Å². The zero-order valence-electron chi connectivity index (χ0n) is 10.4. The van der Waals surface area contributed by atoms with E-state index in [4.69, 9.17) is 21.6 Å². The van der Waals surface area contributed by atoms with E-state index < -0.39 is 0 Å². The lowest BCUT2D eigenvalue weighted by atomic mass is 10.1. The first kappa shape index (κ1) is 13.8. The van der Waals surface area contributed by atoms with E-state index in [9.17, 15) is 0 Å². The van der Waals surface area contributed by atoms with Crippen molar-refractivity contribution in [3.05, 3.63) is 28.8 Å². The summed E-state index contributed by atoms with van der Waals surface area (Å²) in [6.07, 6.45) is 0. The average molecular weight is 253 g/mol. The molecule has 3 nitrogen and oxygen atoms in total. The van der Waals surface area contributed by atoms with Crippen LogP contribution in [0.25, 0.3) is 0 Å². The summed E-state index contributed by atoms with van der Waals surface area (Å²) in [6.45, 7) is 6.98. The highest BCUT2D eigenvalue weighted by atomic mass is 35.5. The van der Waals surface area contributed by atoms with Gasteiger partial charge in [-0.1, -0.05) is 11.6 Å². The van der Waals surface area contributed by atoms with Crippen molar-refractivity contribution in [2.75, 3.05) is 6.61 Å². The van der Waals surface area contributed by atoms with Crippen molar-refractivity contribution in [3.8, 4) is 11.8 Å². The minimum Gasteiger partial charge on any atom is -0.478 e. The van der Waals surface area contributed by atoms with Gasteiger partial charge in [-0.3, -0.25) is 0 Å². The van der Waals surface area contributed by atoms with E-state index >= 15 is 0 Å². The second-order valence-electron chi connectivity index (χ2n) is 4.80. The molecule has 0 fully saturated rings. The molecule has 0 saturated heterocycles. The quantitative estimate of drug-likeness (QED) is 0.896. The fourth-order valence-electron chi connectivity index (χ4n) is 1.30. The summed E-state index contributed by atoms with van der Waals surface area (Å²) >= 11 is 5.95. The molecule has 0 unspecified atom stereocenters. The van der Waals surface area contributed by atoms with Crippen LogP contribution in [0, 0.1) is 11.3 Å². The van der Waals surface area contributed by atoms with Crippen LogP contribution in [-0.2, 0) is 6.54 Å². The number of nitriles is 1. The van der Waals surface area contributed by atoms with Crippen LogP contribution in [0.5, 0.6) is 5.75 Å². The number of benzene rings is 1. The van der Waals surface area contributed by atoms with Gasteiger partial charge in [-0.25, -0.2) is 0 Å². The molecule has 0 aliphatic carbocycles. The predicted octanol–water partition coefficient (Wildman–Crippen LogP) is 3.13. The zero-order chi connectivity index (χ0) is 12.9. The Bertz CT molecular complexity index is 418. The summed E-state index contributed by atoms with van der Waals surface area (Å²) < 4.78 is 5.35. The summed E-state index contributed by atoms with van der Waals surface area (Å²) in [6, 6.07) is 7.36. The molecule has 1 aromatic carbocycles. The van der Waals surface area contributed by atoms with Crippen LogP contribution >= 0.6 is 11.6 Å². The number of ether oxygens (including phenoxy) is 1. The molecule has 0 aliphatic rings. The standard InChI is InChI=1S/C13H17ClN2O/c1-13(2,3)16-9-10-8-11(14)4-5-12(10)17-7-6-15/h4-5,8,16H,7,9H2,1-3H3. The Balaban J connectivity index is 2.80. The molecule has 0 bridgehead atoms. The fraction of sp³-hybridized carbons (Fsp3) is 0.462. The molecule has 1 aromatic rings. The van der Waals surface area contributed by atoms with Gasteiger partial charge in [0.2, 0.25) is 0 Å². The van der Waals surface area contributed by atoms with Gasteiger partial charge < -0.3 is 10.1 Å². The Kier molecular flexibility index (Phi) is 4.80. The van der Waals surface area contributed by atoms with Gasteiger partial charge in [-0.15, -0.1) is 0 Å². The van der Waals surface area contributed by atoms with Gasteiger partial charge in [-0.2, -0.15) is 5.26 Å². The number of nitrogens with one attached hydrogen (secondary N) is 1. The number of halogens is 1. The number of nitrogens with zero attached hydrogens (tertiary/aromatic N) is 1. The van der Waals surface area contributed by atoms with E-state index in [1.165, 1.54) is 0 Å². The fourth-order valence-corrected chi connectivity index (χ4v) is 1.49. The summed E-state index contributed by atoms with van der Waals surface area (Å²) in [7, 11) is 0. The zero-order valence-corrected chi connectivity index (χ0v) is 11.1. The molecular formula is C13H17ClN2O. The van der Waals surface area contributed by atoms with Crippen molar-refractivity contribution in [3.63, 3.8) is 0 Å². The van der Waals surface area contributed by atoms with Crippen molar-refractivity contribution < 1.29 is 4.74 Å². The highest BCUT2D eigenvalue weighted by molar-refractivity contribution is 6.30. The third-order valence-electron chi connectivity index (χ3n) is 2.12. The molecule has 4 heteroatoms. The van der Waals surface area contributed by atoms with Crippen LogP contribution in [0.4, 0.5) is 0 Å². The van der Waals surface area contributed by atoms with E-state index in [1.54, 1.807) is 12.1 Å². The smallest absolute Gasteiger partial charge is 0.174 e. The van der Waals surface area contributed by atoms with E-state index in [0.717, 1.165) is 5.56 Å². The van der Waals surface area contributed by atoms with E-state index in [-0.39, 0.29) is 12.1 Å². The lowest BCUT2D eigenvalue weighted by molar-refractivity contribution is 0.357. The van der Waals surface area contributed by atoms with Crippen molar-refractivity contribution in [1.82, 2.24) is 5.32 Å². The van der Waals surface area contributed by atoms with E-state index in [0.29, 0.717) is 17.3 Å². The maximum atomic E-state index is 8.52. The number of hydrogen-bond acceptors (Lipinski definition) is 3. The molecule has 0 amide bonds. The van der Waals surface area contributed by atoms with Crippen molar-refractivity contribution in [1.29, 1.82) is 5.26 Å². The molecular weight excluding hydrogens is 236 g/mol. The molecule has 1 rings (SSSR count). The molecule has 1 N–H and O–H groups in total. The average Bonchev–Trinajstić information content (AvgIpc) is 2.24. The first-order valence-electron chi connectivity index (χ1n) is 5.45. The highest BCUT2D eigenvalue weighted by Gasteiger charge is 2.11. The first-order valence-corrected chi connectivity index (χ1v) is 5.83. The molecule has 0 aromatic heterocycles. The topological polar surface area (TPSA) is 45.0 Å². The van der Waals surface area contributed by atoms with Crippen LogP contribution in [0.3, 0.4) is 0 Å². The summed E-state index contributed by atoms with van der Waals surface area (Å²) in [5.74, 6) is 0.702. The minimum atomic E-state index is 0.0226.